The van der Waals surface area contributed by atoms with Crippen LogP contribution in [0, 0.1) is 20.8 Å². The van der Waals surface area contributed by atoms with Gasteiger partial charge in [-0.05, 0) is 62.2 Å². The molecule has 0 aliphatic heterocycles. The summed E-state index contributed by atoms with van der Waals surface area (Å²) in [5, 5.41) is 7.12. The lowest BCUT2D eigenvalue weighted by Gasteiger charge is -2.13. The average Bonchev–Trinajstić information content (AvgIpc) is 2.63. The average molecular weight is 349 g/mol. The molecule has 26 heavy (non-hydrogen) atoms. The van der Waals surface area contributed by atoms with Gasteiger partial charge in [-0.25, -0.2) is 0 Å². The number of benzene rings is 2. The molecule has 134 valence electrons. The van der Waals surface area contributed by atoms with Gasteiger partial charge in [0.05, 0.1) is 19.2 Å². The molecule has 0 unspecified atom stereocenters. The molecule has 0 aliphatic carbocycles. The van der Waals surface area contributed by atoms with Crippen LogP contribution in [0.5, 0.6) is 5.75 Å². The summed E-state index contributed by atoms with van der Waals surface area (Å²) in [5.74, 6) is 0.662. The van der Waals surface area contributed by atoms with Crippen LogP contribution in [0.15, 0.2) is 42.5 Å². The molecule has 1 aromatic heterocycles. The Balaban J connectivity index is 1.78. The second kappa shape index (κ2) is 7.44. The van der Waals surface area contributed by atoms with Crippen molar-refractivity contribution >= 4 is 28.2 Å². The smallest absolute Gasteiger partial charge is 0.243 e. The van der Waals surface area contributed by atoms with E-state index in [2.05, 4.69) is 15.6 Å². The maximum Gasteiger partial charge on any atom is 0.243 e. The van der Waals surface area contributed by atoms with Crippen LogP contribution in [0.25, 0.3) is 10.9 Å². The number of hydrogen-bond acceptors (Lipinski definition) is 4. The number of nitrogens with one attached hydrogen (secondary N) is 2. The number of methoxy groups -OCH3 is 1. The van der Waals surface area contributed by atoms with Crippen molar-refractivity contribution in [3.8, 4) is 5.75 Å². The van der Waals surface area contributed by atoms with Crippen molar-refractivity contribution in [1.29, 1.82) is 0 Å². The second-order valence-electron chi connectivity index (χ2n) is 6.34. The lowest BCUT2D eigenvalue weighted by atomic mass is 10.1. The monoisotopic (exact) mass is 349 g/mol. The second-order valence-corrected chi connectivity index (χ2v) is 6.34. The van der Waals surface area contributed by atoms with E-state index in [0.29, 0.717) is 0 Å². The van der Waals surface area contributed by atoms with E-state index in [9.17, 15) is 4.79 Å². The number of anilines is 2. The molecule has 0 fully saturated rings. The summed E-state index contributed by atoms with van der Waals surface area (Å²) < 4.78 is 5.30. The van der Waals surface area contributed by atoms with Crippen LogP contribution in [0.3, 0.4) is 0 Å². The fourth-order valence-corrected chi connectivity index (χ4v) is 2.87. The van der Waals surface area contributed by atoms with Gasteiger partial charge >= 0.3 is 0 Å². The third-order valence-electron chi connectivity index (χ3n) is 4.46. The lowest BCUT2D eigenvalue weighted by molar-refractivity contribution is -0.114. The van der Waals surface area contributed by atoms with Crippen molar-refractivity contribution in [1.82, 2.24) is 4.98 Å². The molecule has 0 bridgehead atoms. The highest BCUT2D eigenvalue weighted by Gasteiger charge is 2.09. The predicted octanol–water partition coefficient (Wildman–Crippen LogP) is 4.22. The Bertz CT molecular complexity index is 967. The van der Waals surface area contributed by atoms with E-state index in [1.54, 1.807) is 7.11 Å². The Labute approximate surface area is 153 Å². The van der Waals surface area contributed by atoms with Gasteiger partial charge in [0, 0.05) is 22.5 Å². The van der Waals surface area contributed by atoms with E-state index in [1.807, 2.05) is 63.2 Å². The van der Waals surface area contributed by atoms with Crippen molar-refractivity contribution in [3.05, 3.63) is 59.3 Å². The normalized spacial score (nSPS) is 10.6. The molecule has 0 saturated carbocycles. The largest absolute Gasteiger partial charge is 0.497 e. The molecule has 0 radical (unpaired) electrons. The summed E-state index contributed by atoms with van der Waals surface area (Å²) in [7, 11) is 1.63. The topological polar surface area (TPSA) is 63.2 Å². The first-order chi connectivity index (χ1) is 12.5. The fraction of sp³-hybridized carbons (Fsp3) is 0.238. The lowest BCUT2D eigenvalue weighted by Crippen LogP contribution is -2.22. The third-order valence-corrected chi connectivity index (χ3v) is 4.46. The SMILES string of the molecule is COc1ccc2nc(C)cc(NCC(=O)Nc3cccc(C)c3C)c2c1. The van der Waals surface area contributed by atoms with E-state index in [4.69, 9.17) is 4.74 Å². The number of ether oxygens (including phenoxy) is 1. The van der Waals surface area contributed by atoms with Gasteiger partial charge in [0.2, 0.25) is 5.91 Å². The highest BCUT2D eigenvalue weighted by atomic mass is 16.5. The summed E-state index contributed by atoms with van der Waals surface area (Å²) >= 11 is 0. The highest BCUT2D eigenvalue weighted by molar-refractivity contribution is 5.97. The third kappa shape index (κ3) is 3.77. The molecular formula is C21H23N3O2. The van der Waals surface area contributed by atoms with Gasteiger partial charge in [0.1, 0.15) is 5.75 Å². The number of amides is 1. The molecule has 2 aromatic carbocycles. The molecule has 2 N–H and O–H groups in total. The van der Waals surface area contributed by atoms with Crippen molar-refractivity contribution in [3.63, 3.8) is 0 Å². The minimum absolute atomic E-state index is 0.0933. The Morgan fingerprint density at radius 2 is 1.88 bits per heavy atom. The van der Waals surface area contributed by atoms with Crippen molar-refractivity contribution < 1.29 is 9.53 Å². The summed E-state index contributed by atoms with van der Waals surface area (Å²) in [6.07, 6.45) is 0. The van der Waals surface area contributed by atoms with Gasteiger partial charge in [-0.3, -0.25) is 9.78 Å². The number of carbonyl (C=O) groups excluding carboxylic acids is 1. The van der Waals surface area contributed by atoms with E-state index >= 15 is 0 Å². The molecule has 0 saturated heterocycles. The number of aromatic nitrogens is 1. The molecule has 5 nitrogen and oxygen atoms in total. The first kappa shape index (κ1) is 17.7. The minimum atomic E-state index is -0.0933. The predicted molar refractivity (Wildman–Crippen MR) is 106 cm³/mol. The maximum atomic E-state index is 12.4. The van der Waals surface area contributed by atoms with Gasteiger partial charge in [-0.15, -0.1) is 0 Å². The van der Waals surface area contributed by atoms with Crippen LogP contribution in [-0.4, -0.2) is 24.5 Å². The zero-order chi connectivity index (χ0) is 18.7. The summed E-state index contributed by atoms with van der Waals surface area (Å²) in [6, 6.07) is 13.5. The molecule has 1 amide bonds. The zero-order valence-electron chi connectivity index (χ0n) is 15.5. The van der Waals surface area contributed by atoms with E-state index < -0.39 is 0 Å². The Hall–Kier alpha value is -3.08. The molecule has 0 spiro atoms. The number of aryl methyl sites for hydroxylation is 2. The van der Waals surface area contributed by atoms with Crippen LogP contribution in [0.4, 0.5) is 11.4 Å². The first-order valence-electron chi connectivity index (χ1n) is 8.53. The van der Waals surface area contributed by atoms with E-state index in [1.165, 1.54) is 0 Å². The van der Waals surface area contributed by atoms with Crippen LogP contribution in [0.1, 0.15) is 16.8 Å². The minimum Gasteiger partial charge on any atom is -0.497 e. The first-order valence-corrected chi connectivity index (χ1v) is 8.53. The van der Waals surface area contributed by atoms with Crippen LogP contribution in [-0.2, 0) is 4.79 Å². The molecule has 0 atom stereocenters. The molecule has 3 rings (SSSR count). The van der Waals surface area contributed by atoms with Crippen LogP contribution in [0.2, 0.25) is 0 Å². The maximum absolute atomic E-state index is 12.4. The molecular weight excluding hydrogens is 326 g/mol. The summed E-state index contributed by atoms with van der Waals surface area (Å²) in [4.78, 5) is 16.9. The number of pyridine rings is 1. The van der Waals surface area contributed by atoms with Crippen molar-refractivity contribution in [2.24, 2.45) is 0 Å². The van der Waals surface area contributed by atoms with E-state index in [-0.39, 0.29) is 12.5 Å². The molecule has 0 aliphatic rings. The van der Waals surface area contributed by atoms with Gasteiger partial charge in [-0.2, -0.15) is 0 Å². The molecule has 1 heterocycles. The van der Waals surface area contributed by atoms with Gasteiger partial charge in [-0.1, -0.05) is 12.1 Å². The fourth-order valence-electron chi connectivity index (χ4n) is 2.87. The molecule has 5 heteroatoms. The molecule has 3 aromatic rings. The number of nitrogens with zero attached hydrogens (tertiary/aromatic N) is 1. The van der Waals surface area contributed by atoms with Crippen molar-refractivity contribution in [2.75, 3.05) is 24.3 Å². The Morgan fingerprint density at radius 3 is 2.65 bits per heavy atom. The number of carbonyl (C=O) groups is 1. The number of hydrogen-bond donors (Lipinski definition) is 2. The van der Waals surface area contributed by atoms with Crippen LogP contribution < -0.4 is 15.4 Å². The Kier molecular flexibility index (Phi) is 5.07. The standard InChI is InChI=1S/C21H23N3O2/c1-13-6-5-7-18(15(13)3)24-21(25)12-22-20-10-14(2)23-19-9-8-16(26-4)11-17(19)20/h5-11H,12H2,1-4H3,(H,22,23)(H,24,25). The quantitative estimate of drug-likeness (QED) is 0.724. The van der Waals surface area contributed by atoms with Gasteiger partial charge in [0.15, 0.2) is 0 Å². The Morgan fingerprint density at radius 1 is 1.08 bits per heavy atom. The highest BCUT2D eigenvalue weighted by Crippen LogP contribution is 2.27. The summed E-state index contributed by atoms with van der Waals surface area (Å²) in [5.41, 5.74) is 5.69. The number of fused-ring (bicyclic) bond motifs is 1. The zero-order valence-corrected chi connectivity index (χ0v) is 15.5. The van der Waals surface area contributed by atoms with Gasteiger partial charge < -0.3 is 15.4 Å². The number of rotatable bonds is 5. The van der Waals surface area contributed by atoms with Gasteiger partial charge in [0.25, 0.3) is 0 Å². The summed E-state index contributed by atoms with van der Waals surface area (Å²) in [6.45, 7) is 6.14. The van der Waals surface area contributed by atoms with Crippen molar-refractivity contribution in [2.45, 2.75) is 20.8 Å². The van der Waals surface area contributed by atoms with E-state index in [0.717, 1.165) is 44.8 Å². The van der Waals surface area contributed by atoms with Crippen LogP contribution >= 0.6 is 0 Å².